The van der Waals surface area contributed by atoms with E-state index in [4.69, 9.17) is 4.74 Å². The Morgan fingerprint density at radius 1 is 1.07 bits per heavy atom. The number of carbonyl (C=O) groups is 3. The molecule has 0 bridgehead atoms. The number of nitrogens with zero attached hydrogens (tertiary/aromatic N) is 3. The Kier molecular flexibility index (Phi) is 9.55. The van der Waals surface area contributed by atoms with Crippen molar-refractivity contribution < 1.29 is 32.3 Å². The van der Waals surface area contributed by atoms with Crippen molar-refractivity contribution in [2.24, 2.45) is 5.92 Å². The van der Waals surface area contributed by atoms with Crippen LogP contribution in [0, 0.1) is 5.92 Å². The Hall–Kier alpha value is -3.34. The van der Waals surface area contributed by atoms with Crippen LogP contribution in [0.5, 0.6) is 0 Å². The molecule has 11 heteroatoms. The SMILES string of the molecule is C=CCN1C(=O)N[C@H](c2ccc(C(F)(F)F)cc2)C(C(=O)OCC)=C1CN1CCCN(C(=O)C2CCCC2)CC1. The maximum Gasteiger partial charge on any atom is 0.416 e. The largest absolute Gasteiger partial charge is 0.463 e. The third kappa shape index (κ3) is 6.68. The van der Waals surface area contributed by atoms with Crippen molar-refractivity contribution in [3.63, 3.8) is 0 Å². The van der Waals surface area contributed by atoms with Crippen LogP contribution < -0.4 is 5.32 Å². The fourth-order valence-electron chi connectivity index (χ4n) is 5.75. The lowest BCUT2D eigenvalue weighted by Crippen LogP contribution is -2.51. The van der Waals surface area contributed by atoms with Gasteiger partial charge in [-0.15, -0.1) is 6.58 Å². The van der Waals surface area contributed by atoms with E-state index in [1.165, 1.54) is 17.0 Å². The van der Waals surface area contributed by atoms with Crippen LogP contribution >= 0.6 is 0 Å². The van der Waals surface area contributed by atoms with E-state index < -0.39 is 29.8 Å². The van der Waals surface area contributed by atoms with E-state index >= 15 is 0 Å². The number of halogens is 3. The highest BCUT2D eigenvalue weighted by molar-refractivity contribution is 5.95. The summed E-state index contributed by atoms with van der Waals surface area (Å²) in [6.07, 6.45) is 1.82. The van der Waals surface area contributed by atoms with E-state index in [1.807, 2.05) is 4.90 Å². The Morgan fingerprint density at radius 2 is 1.77 bits per heavy atom. The summed E-state index contributed by atoms with van der Waals surface area (Å²) in [5, 5.41) is 2.78. The normalized spacial score (nSPS) is 21.3. The molecule has 2 heterocycles. The van der Waals surface area contributed by atoms with Gasteiger partial charge in [-0.1, -0.05) is 31.1 Å². The van der Waals surface area contributed by atoms with Crippen LogP contribution in [0.4, 0.5) is 18.0 Å². The van der Waals surface area contributed by atoms with Gasteiger partial charge in [-0.2, -0.15) is 13.2 Å². The molecule has 1 N–H and O–H groups in total. The zero-order valence-electron chi connectivity index (χ0n) is 22.8. The minimum atomic E-state index is -4.51. The molecule has 0 unspecified atom stereocenters. The first-order valence-electron chi connectivity index (χ1n) is 13.9. The summed E-state index contributed by atoms with van der Waals surface area (Å²) in [5.74, 6) is -0.345. The summed E-state index contributed by atoms with van der Waals surface area (Å²) in [5.41, 5.74) is 0.105. The van der Waals surface area contributed by atoms with Gasteiger partial charge in [0.15, 0.2) is 0 Å². The number of carbonyl (C=O) groups excluding carboxylic acids is 3. The van der Waals surface area contributed by atoms with Gasteiger partial charge in [0.05, 0.1) is 23.8 Å². The third-order valence-electron chi connectivity index (χ3n) is 7.79. The molecule has 0 aromatic heterocycles. The first-order chi connectivity index (χ1) is 19.1. The predicted octanol–water partition coefficient (Wildman–Crippen LogP) is 4.50. The monoisotopic (exact) mass is 562 g/mol. The number of ether oxygens (including phenoxy) is 1. The Bertz CT molecular complexity index is 1130. The zero-order valence-corrected chi connectivity index (χ0v) is 22.8. The number of hydrogen-bond donors (Lipinski definition) is 1. The minimum Gasteiger partial charge on any atom is -0.463 e. The predicted molar refractivity (Wildman–Crippen MR) is 143 cm³/mol. The first-order valence-corrected chi connectivity index (χ1v) is 13.9. The van der Waals surface area contributed by atoms with Crippen LogP contribution in [0.15, 0.2) is 48.2 Å². The summed E-state index contributed by atoms with van der Waals surface area (Å²) in [6, 6.07) is 2.94. The number of benzene rings is 1. The Labute approximate surface area is 232 Å². The molecule has 2 fully saturated rings. The van der Waals surface area contributed by atoms with Gasteiger partial charge in [0.2, 0.25) is 5.91 Å². The van der Waals surface area contributed by atoms with Gasteiger partial charge >= 0.3 is 18.2 Å². The second-order valence-electron chi connectivity index (χ2n) is 10.4. The van der Waals surface area contributed by atoms with Crippen molar-refractivity contribution in [3.05, 3.63) is 59.3 Å². The summed E-state index contributed by atoms with van der Waals surface area (Å²) in [7, 11) is 0. The number of amides is 3. The average molecular weight is 563 g/mol. The second kappa shape index (κ2) is 12.9. The molecular formula is C29H37F3N4O4. The molecule has 1 saturated heterocycles. The molecule has 0 radical (unpaired) electrons. The molecule has 0 spiro atoms. The number of rotatable bonds is 8. The van der Waals surface area contributed by atoms with Gasteiger partial charge in [0.1, 0.15) is 0 Å². The standard InChI is InChI=1S/C29H37F3N4O4/c1-3-14-36-23(19-34-15-7-16-35(18-17-34)26(37)21-8-5-6-9-21)24(27(38)40-4-2)25(33-28(36)39)20-10-12-22(13-11-20)29(30,31)32/h3,10-13,21,25H,1,4-9,14-19H2,2H3,(H,33,39)/t25-/m1/s1. The van der Waals surface area contributed by atoms with E-state index in [1.54, 1.807) is 13.0 Å². The lowest BCUT2D eigenvalue weighted by Gasteiger charge is -2.38. The summed E-state index contributed by atoms with van der Waals surface area (Å²) in [6.45, 7) is 8.28. The lowest BCUT2D eigenvalue weighted by molar-refractivity contribution is -0.139. The lowest BCUT2D eigenvalue weighted by atomic mass is 9.93. The van der Waals surface area contributed by atoms with Crippen molar-refractivity contribution in [2.75, 3.05) is 45.9 Å². The quantitative estimate of drug-likeness (QED) is 0.373. The highest BCUT2D eigenvalue weighted by Crippen LogP contribution is 2.35. The maximum atomic E-state index is 13.3. The topological polar surface area (TPSA) is 82.2 Å². The molecule has 218 valence electrons. The van der Waals surface area contributed by atoms with E-state index in [-0.39, 0.29) is 37.1 Å². The Balaban J connectivity index is 1.65. The summed E-state index contributed by atoms with van der Waals surface area (Å²) in [4.78, 5) is 45.1. The smallest absolute Gasteiger partial charge is 0.416 e. The molecule has 1 atom stereocenters. The fraction of sp³-hybridized carbons (Fsp3) is 0.552. The van der Waals surface area contributed by atoms with Gasteiger partial charge in [0, 0.05) is 50.9 Å². The van der Waals surface area contributed by atoms with Crippen molar-refractivity contribution in [1.82, 2.24) is 20.0 Å². The highest BCUT2D eigenvalue weighted by atomic mass is 19.4. The molecule has 1 aromatic rings. The van der Waals surface area contributed by atoms with Crippen LogP contribution in [0.1, 0.15) is 56.2 Å². The van der Waals surface area contributed by atoms with Gasteiger partial charge < -0.3 is 15.0 Å². The third-order valence-corrected chi connectivity index (χ3v) is 7.79. The molecule has 40 heavy (non-hydrogen) atoms. The maximum absolute atomic E-state index is 13.3. The number of hydrogen-bond acceptors (Lipinski definition) is 5. The average Bonchev–Trinajstić information content (AvgIpc) is 3.36. The van der Waals surface area contributed by atoms with Gasteiger partial charge in [-0.3, -0.25) is 14.6 Å². The molecule has 8 nitrogen and oxygen atoms in total. The Morgan fingerprint density at radius 3 is 2.40 bits per heavy atom. The number of nitrogens with one attached hydrogen (secondary N) is 1. The van der Waals surface area contributed by atoms with E-state index in [9.17, 15) is 27.6 Å². The van der Waals surface area contributed by atoms with E-state index in [0.29, 0.717) is 37.4 Å². The van der Waals surface area contributed by atoms with Gasteiger partial charge in [-0.25, -0.2) is 9.59 Å². The first kappa shape index (κ1) is 29.6. The van der Waals surface area contributed by atoms with Crippen LogP contribution in [-0.4, -0.2) is 78.5 Å². The summed E-state index contributed by atoms with van der Waals surface area (Å²) < 4.78 is 44.9. The zero-order chi connectivity index (χ0) is 28.9. The number of esters is 1. The molecule has 3 amide bonds. The molecule has 1 saturated carbocycles. The van der Waals surface area contributed by atoms with Crippen LogP contribution in [0.3, 0.4) is 0 Å². The number of alkyl halides is 3. The van der Waals surface area contributed by atoms with Gasteiger partial charge in [0.25, 0.3) is 0 Å². The fourth-order valence-corrected chi connectivity index (χ4v) is 5.75. The molecule has 3 aliphatic rings. The van der Waals surface area contributed by atoms with Crippen LogP contribution in [-0.2, 0) is 20.5 Å². The van der Waals surface area contributed by atoms with Gasteiger partial charge in [-0.05, 0) is 43.9 Å². The minimum absolute atomic E-state index is 0.0900. The second-order valence-corrected chi connectivity index (χ2v) is 10.4. The molecule has 1 aliphatic carbocycles. The van der Waals surface area contributed by atoms with Crippen LogP contribution in [0.25, 0.3) is 0 Å². The van der Waals surface area contributed by atoms with Crippen LogP contribution in [0.2, 0.25) is 0 Å². The number of urea groups is 1. The van der Waals surface area contributed by atoms with Crippen molar-refractivity contribution in [1.29, 1.82) is 0 Å². The van der Waals surface area contributed by atoms with Crippen molar-refractivity contribution in [3.8, 4) is 0 Å². The van der Waals surface area contributed by atoms with Crippen molar-refractivity contribution in [2.45, 2.75) is 51.2 Å². The van der Waals surface area contributed by atoms with E-state index in [0.717, 1.165) is 44.2 Å². The molecule has 2 aliphatic heterocycles. The molecule has 1 aromatic carbocycles. The summed E-state index contributed by atoms with van der Waals surface area (Å²) >= 11 is 0. The van der Waals surface area contributed by atoms with Crippen molar-refractivity contribution >= 4 is 17.9 Å². The highest BCUT2D eigenvalue weighted by Gasteiger charge is 2.39. The van der Waals surface area contributed by atoms with E-state index in [2.05, 4.69) is 16.8 Å². The molecule has 4 rings (SSSR count). The molecular weight excluding hydrogens is 525 g/mol.